The minimum atomic E-state index is -0.757. The summed E-state index contributed by atoms with van der Waals surface area (Å²) in [7, 11) is 0. The van der Waals surface area contributed by atoms with Gasteiger partial charge in [0.1, 0.15) is 0 Å². The summed E-state index contributed by atoms with van der Waals surface area (Å²) in [5.41, 5.74) is 1.42. The highest BCUT2D eigenvalue weighted by Crippen LogP contribution is 2.05. The first-order valence-electron chi connectivity index (χ1n) is 8.06. The third-order valence-corrected chi connectivity index (χ3v) is 2.78. The van der Waals surface area contributed by atoms with Gasteiger partial charge in [-0.3, -0.25) is 0 Å². The van der Waals surface area contributed by atoms with E-state index in [1.807, 2.05) is 36.4 Å². The Morgan fingerprint density at radius 3 is 2.20 bits per heavy atom. The Kier molecular flexibility index (Phi) is 12.1. The molecule has 0 bridgehead atoms. The molecule has 0 aliphatic rings. The molecule has 1 rings (SSSR count). The molecule has 1 aromatic rings. The highest BCUT2D eigenvalue weighted by molar-refractivity contribution is 5.92. The van der Waals surface area contributed by atoms with E-state index >= 15 is 0 Å². The van der Waals surface area contributed by atoms with E-state index in [0.29, 0.717) is 12.2 Å². The molecule has 1 N–H and O–H groups in total. The van der Waals surface area contributed by atoms with E-state index in [0.717, 1.165) is 18.4 Å². The fourth-order valence-electron chi connectivity index (χ4n) is 1.45. The van der Waals surface area contributed by atoms with Crippen molar-refractivity contribution in [2.45, 2.75) is 26.7 Å². The quantitative estimate of drug-likeness (QED) is 0.251. The molecule has 0 aliphatic heterocycles. The van der Waals surface area contributed by atoms with Crippen molar-refractivity contribution in [1.29, 1.82) is 0 Å². The number of esters is 2. The summed E-state index contributed by atoms with van der Waals surface area (Å²) in [6.07, 6.45) is 5.44. The molecule has 0 aliphatic carbocycles. The minimum absolute atomic E-state index is 0.262. The molecule has 5 heteroatoms. The van der Waals surface area contributed by atoms with Crippen molar-refractivity contribution in [2.75, 3.05) is 13.2 Å². The summed E-state index contributed by atoms with van der Waals surface area (Å²) in [5, 5.41) is 8.28. The molecule has 0 saturated carbocycles. The van der Waals surface area contributed by atoms with Gasteiger partial charge in [0, 0.05) is 0 Å². The number of carbonyl (C=O) groups excluding carboxylic acids is 2. The van der Waals surface area contributed by atoms with Crippen molar-refractivity contribution >= 4 is 18.0 Å². The standard InChI is InChI=1S/C15H18O2.C5H8O3/c1-3-4-12-17-15(16)13(2)10-11-14-8-6-5-7-9-14;1-3-8-5(7)4(2)6/h5-11H,2-4,12H2,1H3;6H,2-3H2,1H3. The predicted octanol–water partition coefficient (Wildman–Crippen LogP) is 4.22. The highest BCUT2D eigenvalue weighted by atomic mass is 16.5. The number of aliphatic hydroxyl groups is 1. The molecule has 0 heterocycles. The molecule has 0 saturated heterocycles. The van der Waals surface area contributed by atoms with Crippen LogP contribution in [0.2, 0.25) is 0 Å². The van der Waals surface area contributed by atoms with Crippen LogP contribution in [-0.4, -0.2) is 30.3 Å². The molecule has 0 aromatic heterocycles. The van der Waals surface area contributed by atoms with Crippen LogP contribution < -0.4 is 0 Å². The summed E-state index contributed by atoms with van der Waals surface area (Å²) in [4.78, 5) is 21.6. The van der Waals surface area contributed by atoms with Gasteiger partial charge in [0.2, 0.25) is 0 Å². The van der Waals surface area contributed by atoms with Crippen molar-refractivity contribution < 1.29 is 24.2 Å². The van der Waals surface area contributed by atoms with Crippen molar-refractivity contribution in [3.05, 3.63) is 66.5 Å². The lowest BCUT2D eigenvalue weighted by molar-refractivity contribution is -0.141. The van der Waals surface area contributed by atoms with Gasteiger partial charge in [-0.15, -0.1) is 0 Å². The van der Waals surface area contributed by atoms with Crippen LogP contribution in [0.15, 0.2) is 60.9 Å². The largest absolute Gasteiger partial charge is 0.502 e. The van der Waals surface area contributed by atoms with Crippen molar-refractivity contribution in [3.63, 3.8) is 0 Å². The maximum absolute atomic E-state index is 11.5. The molecule has 0 unspecified atom stereocenters. The van der Waals surface area contributed by atoms with Crippen LogP contribution in [0.5, 0.6) is 0 Å². The van der Waals surface area contributed by atoms with Crippen molar-refractivity contribution in [3.8, 4) is 0 Å². The summed E-state index contributed by atoms with van der Waals surface area (Å²) < 4.78 is 9.36. The van der Waals surface area contributed by atoms with Crippen LogP contribution in [0.25, 0.3) is 6.08 Å². The first-order chi connectivity index (χ1) is 11.9. The Bertz CT molecular complexity index is 587. The Morgan fingerprint density at radius 2 is 1.72 bits per heavy atom. The number of aliphatic hydroxyl groups excluding tert-OH is 1. The minimum Gasteiger partial charge on any atom is -0.502 e. The number of hydrogen-bond donors (Lipinski definition) is 1. The lowest BCUT2D eigenvalue weighted by Gasteiger charge is -2.02. The molecule has 1 aromatic carbocycles. The smallest absolute Gasteiger partial charge is 0.372 e. The van der Waals surface area contributed by atoms with E-state index in [1.54, 1.807) is 13.0 Å². The Morgan fingerprint density at radius 1 is 1.08 bits per heavy atom. The molecule has 0 fully saturated rings. The monoisotopic (exact) mass is 346 g/mol. The molecule has 136 valence electrons. The number of rotatable bonds is 8. The predicted molar refractivity (Wildman–Crippen MR) is 98.9 cm³/mol. The van der Waals surface area contributed by atoms with Crippen LogP contribution in [0.4, 0.5) is 0 Å². The van der Waals surface area contributed by atoms with E-state index in [1.165, 1.54) is 0 Å². The summed E-state index contributed by atoms with van der Waals surface area (Å²) in [6, 6.07) is 9.77. The molecule has 0 spiro atoms. The zero-order valence-corrected chi connectivity index (χ0v) is 14.9. The maximum atomic E-state index is 11.5. The van der Waals surface area contributed by atoms with Gasteiger partial charge < -0.3 is 14.6 Å². The average molecular weight is 346 g/mol. The average Bonchev–Trinajstić information content (AvgIpc) is 2.61. The lowest BCUT2D eigenvalue weighted by Crippen LogP contribution is -2.06. The van der Waals surface area contributed by atoms with Gasteiger partial charge in [0.05, 0.1) is 18.8 Å². The second-order valence-electron chi connectivity index (χ2n) is 4.93. The molecular weight excluding hydrogens is 320 g/mol. The molecule has 0 radical (unpaired) electrons. The number of unbranched alkanes of at least 4 members (excludes halogenated alkanes) is 1. The molecule has 5 nitrogen and oxygen atoms in total. The van der Waals surface area contributed by atoms with Gasteiger partial charge in [0.15, 0.2) is 5.76 Å². The third-order valence-electron chi connectivity index (χ3n) is 2.78. The second kappa shape index (κ2) is 13.6. The second-order valence-corrected chi connectivity index (χ2v) is 4.93. The molecule has 0 atom stereocenters. The molecule has 25 heavy (non-hydrogen) atoms. The topological polar surface area (TPSA) is 72.8 Å². The summed E-state index contributed by atoms with van der Waals surface area (Å²) in [6.45, 7) is 11.1. The molecular formula is C20H26O5. The SMILES string of the molecule is C=C(C=Cc1ccccc1)C(=O)OCCCC.C=C(O)C(=O)OCC. The van der Waals surface area contributed by atoms with Gasteiger partial charge in [-0.25, -0.2) is 9.59 Å². The number of carbonyl (C=O) groups is 2. The third kappa shape index (κ3) is 11.4. The number of benzene rings is 1. The first kappa shape index (κ1) is 22.2. The van der Waals surface area contributed by atoms with E-state index in [-0.39, 0.29) is 12.6 Å². The fraction of sp³-hybridized carbons (Fsp3) is 0.300. The Hall–Kier alpha value is -2.82. The normalized spacial score (nSPS) is 9.68. The molecule has 0 amide bonds. The van der Waals surface area contributed by atoms with Crippen LogP contribution in [0.3, 0.4) is 0 Å². The zero-order valence-electron chi connectivity index (χ0n) is 14.9. The van der Waals surface area contributed by atoms with Gasteiger partial charge in [-0.05, 0) is 31.6 Å². The van der Waals surface area contributed by atoms with Crippen LogP contribution >= 0.6 is 0 Å². The maximum Gasteiger partial charge on any atom is 0.372 e. The lowest BCUT2D eigenvalue weighted by atomic mass is 10.2. The van der Waals surface area contributed by atoms with Gasteiger partial charge in [-0.2, -0.15) is 0 Å². The van der Waals surface area contributed by atoms with Crippen molar-refractivity contribution in [1.82, 2.24) is 0 Å². The van der Waals surface area contributed by atoms with Gasteiger partial charge in [0.25, 0.3) is 0 Å². The van der Waals surface area contributed by atoms with E-state index < -0.39 is 11.7 Å². The summed E-state index contributed by atoms with van der Waals surface area (Å²) >= 11 is 0. The highest BCUT2D eigenvalue weighted by Gasteiger charge is 2.04. The Balaban J connectivity index is 0.000000609. The number of ether oxygens (including phenoxy) is 2. The van der Waals surface area contributed by atoms with E-state index in [9.17, 15) is 9.59 Å². The zero-order chi connectivity index (χ0) is 19.1. The van der Waals surface area contributed by atoms with Crippen LogP contribution in [0, 0.1) is 0 Å². The van der Waals surface area contributed by atoms with Gasteiger partial charge in [-0.1, -0.05) is 56.3 Å². The summed E-state index contributed by atoms with van der Waals surface area (Å²) in [5.74, 6) is -1.65. The Labute approximate surface area is 149 Å². The van der Waals surface area contributed by atoms with Gasteiger partial charge >= 0.3 is 11.9 Å². The van der Waals surface area contributed by atoms with Crippen LogP contribution in [-0.2, 0) is 19.1 Å². The van der Waals surface area contributed by atoms with Crippen LogP contribution in [0.1, 0.15) is 32.3 Å². The van der Waals surface area contributed by atoms with E-state index in [4.69, 9.17) is 9.84 Å². The van der Waals surface area contributed by atoms with Crippen molar-refractivity contribution in [2.24, 2.45) is 0 Å². The van der Waals surface area contributed by atoms with E-state index in [2.05, 4.69) is 24.8 Å². The first-order valence-corrected chi connectivity index (χ1v) is 8.06. The fourth-order valence-corrected chi connectivity index (χ4v) is 1.45. The number of hydrogen-bond acceptors (Lipinski definition) is 5.